The first-order valence-corrected chi connectivity index (χ1v) is 5.64. The minimum atomic E-state index is 0.682. The molecule has 2 heterocycles. The van der Waals surface area contributed by atoms with Crippen molar-refractivity contribution in [2.45, 2.75) is 0 Å². The van der Waals surface area contributed by atoms with Gasteiger partial charge in [0.2, 0.25) is 0 Å². The quantitative estimate of drug-likeness (QED) is 0.662. The Bertz CT molecular complexity index is 734. The zero-order valence-electron chi connectivity index (χ0n) is 8.92. The van der Waals surface area contributed by atoms with E-state index in [9.17, 15) is 0 Å². The number of aromatic nitrogens is 3. The molecule has 0 fully saturated rings. The Morgan fingerprint density at radius 1 is 1.00 bits per heavy atom. The Hall–Kier alpha value is -2.07. The van der Waals surface area contributed by atoms with Gasteiger partial charge in [-0.25, -0.2) is 4.98 Å². The molecule has 0 saturated carbocycles. The van der Waals surface area contributed by atoms with Crippen LogP contribution in [-0.2, 0) is 0 Å². The van der Waals surface area contributed by atoms with Crippen LogP contribution in [0.1, 0.15) is 0 Å². The smallest absolute Gasteiger partial charge is 0.138 e. The van der Waals surface area contributed by atoms with Crippen molar-refractivity contribution in [2.24, 2.45) is 0 Å². The van der Waals surface area contributed by atoms with E-state index in [0.717, 1.165) is 22.3 Å². The third-order valence-electron chi connectivity index (χ3n) is 2.55. The molecule has 2 aromatic heterocycles. The second-order valence-corrected chi connectivity index (χ2v) is 4.13. The fourth-order valence-corrected chi connectivity index (χ4v) is 1.90. The van der Waals surface area contributed by atoms with Gasteiger partial charge in [0.25, 0.3) is 0 Å². The van der Waals surface area contributed by atoms with Crippen molar-refractivity contribution in [3.8, 4) is 11.4 Å². The predicted octanol–water partition coefficient (Wildman–Crippen LogP) is 3.35. The maximum atomic E-state index is 5.09. The summed E-state index contributed by atoms with van der Waals surface area (Å²) in [5, 5.41) is 1.09. The highest BCUT2D eigenvalue weighted by molar-refractivity contribution is 7.71. The van der Waals surface area contributed by atoms with Crippen LogP contribution in [-0.4, -0.2) is 15.0 Å². The van der Waals surface area contributed by atoms with Crippen LogP contribution in [0.4, 0.5) is 0 Å². The van der Waals surface area contributed by atoms with Crippen molar-refractivity contribution in [3.05, 3.63) is 53.4 Å². The summed E-state index contributed by atoms with van der Waals surface area (Å²) in [6, 6.07) is 11.7. The van der Waals surface area contributed by atoms with Gasteiger partial charge in [-0.05, 0) is 30.3 Å². The second-order valence-electron chi connectivity index (χ2n) is 3.69. The molecule has 1 aromatic carbocycles. The third-order valence-corrected chi connectivity index (χ3v) is 2.79. The van der Waals surface area contributed by atoms with E-state index in [1.807, 2.05) is 24.3 Å². The molecular formula is C13H9N3S. The van der Waals surface area contributed by atoms with Gasteiger partial charge in [-0.3, -0.25) is 4.98 Å². The molecule has 0 bridgehead atoms. The zero-order valence-corrected chi connectivity index (χ0v) is 9.74. The molecule has 17 heavy (non-hydrogen) atoms. The SMILES string of the molecule is S=c1ccnc(-c2ccc3ncccc3c2)[nH]1. The number of nitrogens with one attached hydrogen (secondary N) is 1. The largest absolute Gasteiger partial charge is 0.331 e. The molecule has 3 nitrogen and oxygen atoms in total. The first-order valence-electron chi connectivity index (χ1n) is 5.23. The number of benzene rings is 1. The highest BCUT2D eigenvalue weighted by Crippen LogP contribution is 2.19. The van der Waals surface area contributed by atoms with Crippen LogP contribution in [0, 0.1) is 4.64 Å². The molecule has 3 aromatic rings. The molecule has 0 radical (unpaired) electrons. The number of aromatic amines is 1. The van der Waals surface area contributed by atoms with Crippen LogP contribution in [0.25, 0.3) is 22.3 Å². The zero-order chi connectivity index (χ0) is 11.7. The van der Waals surface area contributed by atoms with E-state index in [1.54, 1.807) is 18.5 Å². The molecular weight excluding hydrogens is 230 g/mol. The van der Waals surface area contributed by atoms with E-state index in [0.29, 0.717) is 4.64 Å². The molecule has 0 aliphatic carbocycles. The second kappa shape index (κ2) is 4.07. The summed E-state index contributed by atoms with van der Waals surface area (Å²) in [6.07, 6.45) is 3.50. The Balaban J connectivity index is 2.21. The number of hydrogen-bond donors (Lipinski definition) is 1. The van der Waals surface area contributed by atoms with Crippen molar-refractivity contribution >= 4 is 23.1 Å². The van der Waals surface area contributed by atoms with Crippen LogP contribution in [0.5, 0.6) is 0 Å². The molecule has 3 rings (SSSR count). The predicted molar refractivity (Wildman–Crippen MR) is 70.2 cm³/mol. The number of H-pyrrole nitrogens is 1. The Morgan fingerprint density at radius 3 is 2.82 bits per heavy atom. The minimum Gasteiger partial charge on any atom is -0.331 e. The lowest BCUT2D eigenvalue weighted by atomic mass is 10.1. The minimum absolute atomic E-state index is 0.682. The highest BCUT2D eigenvalue weighted by atomic mass is 32.1. The van der Waals surface area contributed by atoms with Crippen LogP contribution in [0.3, 0.4) is 0 Å². The molecule has 0 saturated heterocycles. The average Bonchev–Trinajstić information content (AvgIpc) is 2.38. The van der Waals surface area contributed by atoms with E-state index in [4.69, 9.17) is 12.2 Å². The van der Waals surface area contributed by atoms with E-state index in [2.05, 4.69) is 21.0 Å². The summed E-state index contributed by atoms with van der Waals surface area (Å²) < 4.78 is 0.682. The monoisotopic (exact) mass is 239 g/mol. The molecule has 0 aliphatic heterocycles. The highest BCUT2D eigenvalue weighted by Gasteiger charge is 2.01. The van der Waals surface area contributed by atoms with Gasteiger partial charge in [-0.2, -0.15) is 0 Å². The lowest BCUT2D eigenvalue weighted by Crippen LogP contribution is -1.88. The summed E-state index contributed by atoms with van der Waals surface area (Å²) in [6.45, 7) is 0. The molecule has 0 atom stereocenters. The topological polar surface area (TPSA) is 41.6 Å². The van der Waals surface area contributed by atoms with Crippen molar-refractivity contribution in [1.82, 2.24) is 15.0 Å². The summed E-state index contributed by atoms with van der Waals surface area (Å²) in [5.74, 6) is 0.781. The van der Waals surface area contributed by atoms with Gasteiger partial charge in [-0.15, -0.1) is 0 Å². The van der Waals surface area contributed by atoms with Gasteiger partial charge in [0, 0.05) is 23.3 Å². The standard InChI is InChI=1S/C13H9N3S/c17-12-5-7-15-13(16-12)10-3-4-11-9(8-10)2-1-6-14-11/h1-8H,(H,15,16,17). The first-order chi connectivity index (χ1) is 8.33. The summed E-state index contributed by atoms with van der Waals surface area (Å²) in [5.41, 5.74) is 1.99. The number of hydrogen-bond acceptors (Lipinski definition) is 3. The van der Waals surface area contributed by atoms with Gasteiger partial charge in [-0.1, -0.05) is 18.3 Å². The maximum Gasteiger partial charge on any atom is 0.138 e. The van der Waals surface area contributed by atoms with Gasteiger partial charge in [0.1, 0.15) is 10.5 Å². The molecule has 4 heteroatoms. The lowest BCUT2D eigenvalue weighted by Gasteiger charge is -2.02. The number of nitrogens with zero attached hydrogens (tertiary/aromatic N) is 2. The number of pyridine rings is 1. The number of fused-ring (bicyclic) bond motifs is 1. The molecule has 0 amide bonds. The van der Waals surface area contributed by atoms with Crippen molar-refractivity contribution < 1.29 is 0 Å². The van der Waals surface area contributed by atoms with E-state index in [1.165, 1.54) is 0 Å². The van der Waals surface area contributed by atoms with Crippen LogP contribution in [0.15, 0.2) is 48.8 Å². The Labute approximate surface area is 103 Å². The van der Waals surface area contributed by atoms with E-state index in [-0.39, 0.29) is 0 Å². The van der Waals surface area contributed by atoms with Crippen molar-refractivity contribution in [2.75, 3.05) is 0 Å². The molecule has 0 aliphatic rings. The summed E-state index contributed by atoms with van der Waals surface area (Å²) in [4.78, 5) is 11.6. The van der Waals surface area contributed by atoms with Gasteiger partial charge in [0.15, 0.2) is 0 Å². The van der Waals surface area contributed by atoms with Gasteiger partial charge in [0.05, 0.1) is 5.52 Å². The van der Waals surface area contributed by atoms with Crippen LogP contribution < -0.4 is 0 Å². The van der Waals surface area contributed by atoms with Gasteiger partial charge < -0.3 is 4.98 Å². The fourth-order valence-electron chi connectivity index (χ4n) is 1.74. The third kappa shape index (κ3) is 1.94. The first kappa shape index (κ1) is 10.1. The molecule has 0 unspecified atom stereocenters. The van der Waals surface area contributed by atoms with Crippen LogP contribution in [0.2, 0.25) is 0 Å². The van der Waals surface area contributed by atoms with E-state index < -0.39 is 0 Å². The molecule has 1 N–H and O–H groups in total. The van der Waals surface area contributed by atoms with Crippen molar-refractivity contribution in [3.63, 3.8) is 0 Å². The Kier molecular flexibility index (Phi) is 2.42. The molecule has 82 valence electrons. The van der Waals surface area contributed by atoms with Crippen LogP contribution >= 0.6 is 12.2 Å². The van der Waals surface area contributed by atoms with E-state index >= 15 is 0 Å². The average molecular weight is 239 g/mol. The molecule has 0 spiro atoms. The summed E-state index contributed by atoms with van der Waals surface area (Å²) in [7, 11) is 0. The number of rotatable bonds is 1. The Morgan fingerprint density at radius 2 is 1.94 bits per heavy atom. The lowest BCUT2D eigenvalue weighted by molar-refractivity contribution is 1.16. The fraction of sp³-hybridized carbons (Fsp3) is 0. The van der Waals surface area contributed by atoms with Gasteiger partial charge >= 0.3 is 0 Å². The summed E-state index contributed by atoms with van der Waals surface area (Å²) >= 11 is 5.09. The maximum absolute atomic E-state index is 5.09. The van der Waals surface area contributed by atoms with Crippen molar-refractivity contribution in [1.29, 1.82) is 0 Å². The normalized spacial score (nSPS) is 10.6.